The van der Waals surface area contributed by atoms with Crippen LogP contribution < -0.4 is 18.9 Å². The van der Waals surface area contributed by atoms with Crippen molar-refractivity contribution in [2.45, 2.75) is 50.6 Å². The van der Waals surface area contributed by atoms with Crippen LogP contribution in [0.4, 0.5) is 11.4 Å². The largest absolute Gasteiger partial charge is 0.493 e. The number of hydrogen-bond acceptors (Lipinski definition) is 8. The van der Waals surface area contributed by atoms with Gasteiger partial charge in [0, 0.05) is 25.5 Å². The third-order valence-corrected chi connectivity index (χ3v) is 7.86. The van der Waals surface area contributed by atoms with Gasteiger partial charge < -0.3 is 28.7 Å². The molecule has 10 nitrogen and oxygen atoms in total. The van der Waals surface area contributed by atoms with Gasteiger partial charge in [0.1, 0.15) is 11.1 Å². The van der Waals surface area contributed by atoms with Gasteiger partial charge in [-0.1, -0.05) is 0 Å². The molecule has 2 unspecified atom stereocenters. The van der Waals surface area contributed by atoms with Crippen LogP contribution in [0.3, 0.4) is 0 Å². The van der Waals surface area contributed by atoms with E-state index in [1.54, 1.807) is 24.3 Å². The van der Waals surface area contributed by atoms with Gasteiger partial charge in [0.25, 0.3) is 11.8 Å². The fraction of sp³-hybridized carbons (Fsp3) is 0.448. The minimum absolute atomic E-state index is 0.0389. The number of piperidine rings is 2. The van der Waals surface area contributed by atoms with Crippen molar-refractivity contribution >= 4 is 35.6 Å². The summed E-state index contributed by atoms with van der Waals surface area (Å²) in [4.78, 5) is 40.3. The molecule has 0 bridgehead atoms. The maximum absolute atomic E-state index is 13.7. The first-order valence-electron chi connectivity index (χ1n) is 13.5. The molecule has 0 spiro atoms. The van der Waals surface area contributed by atoms with E-state index in [1.807, 2.05) is 22.2 Å². The number of rotatable bonds is 6. The molecule has 0 aromatic heterocycles. The molecule has 10 heteroatoms. The first-order chi connectivity index (χ1) is 19.1. The van der Waals surface area contributed by atoms with Crippen molar-refractivity contribution in [3.63, 3.8) is 0 Å². The van der Waals surface area contributed by atoms with Gasteiger partial charge in [-0.3, -0.25) is 19.6 Å². The lowest BCUT2D eigenvalue weighted by molar-refractivity contribution is 0.0665. The topological polar surface area (TPSA) is 102 Å². The van der Waals surface area contributed by atoms with Gasteiger partial charge in [-0.15, -0.1) is 0 Å². The minimum Gasteiger partial charge on any atom is -0.493 e. The summed E-state index contributed by atoms with van der Waals surface area (Å²) in [6.07, 6.45) is 9.46. The molecular formula is C29H32N4O6. The molecule has 204 valence electrons. The van der Waals surface area contributed by atoms with E-state index in [0.717, 1.165) is 38.5 Å². The quantitative estimate of drug-likeness (QED) is 0.506. The summed E-state index contributed by atoms with van der Waals surface area (Å²) in [5.41, 5.74) is 1.73. The lowest BCUT2D eigenvalue weighted by Crippen LogP contribution is -2.44. The van der Waals surface area contributed by atoms with Gasteiger partial charge in [0.15, 0.2) is 23.0 Å². The van der Waals surface area contributed by atoms with Gasteiger partial charge >= 0.3 is 0 Å². The lowest BCUT2D eigenvalue weighted by atomic mass is 10.0. The van der Waals surface area contributed by atoms with Crippen molar-refractivity contribution in [3.05, 3.63) is 35.4 Å². The molecule has 2 amide bonds. The summed E-state index contributed by atoms with van der Waals surface area (Å²) in [5, 5.41) is 0. The summed E-state index contributed by atoms with van der Waals surface area (Å²) in [7, 11) is 3.05. The van der Waals surface area contributed by atoms with Crippen LogP contribution in [-0.4, -0.2) is 80.2 Å². The molecule has 0 aliphatic carbocycles. The fourth-order valence-electron chi connectivity index (χ4n) is 5.84. The summed E-state index contributed by atoms with van der Waals surface area (Å²) in [6.45, 7) is 1.03. The second-order valence-electron chi connectivity index (χ2n) is 10.1. The smallest absolute Gasteiger partial charge is 0.260 e. The van der Waals surface area contributed by atoms with Crippen LogP contribution in [-0.2, 0) is 0 Å². The second kappa shape index (κ2) is 10.6. The molecule has 0 radical (unpaired) electrons. The zero-order valence-corrected chi connectivity index (χ0v) is 22.2. The molecule has 39 heavy (non-hydrogen) atoms. The summed E-state index contributed by atoms with van der Waals surface area (Å²) >= 11 is 0. The summed E-state index contributed by atoms with van der Waals surface area (Å²) in [6, 6.07) is 6.91. The number of hydrogen-bond donors (Lipinski definition) is 0. The molecule has 2 atom stereocenters. The van der Waals surface area contributed by atoms with Crippen molar-refractivity contribution in [1.82, 2.24) is 9.80 Å². The molecular weight excluding hydrogens is 500 g/mol. The number of benzene rings is 2. The van der Waals surface area contributed by atoms with E-state index >= 15 is 0 Å². The second-order valence-corrected chi connectivity index (χ2v) is 10.1. The summed E-state index contributed by atoms with van der Waals surface area (Å²) < 4.78 is 23.3. The highest BCUT2D eigenvalue weighted by molar-refractivity contribution is 6.06. The Morgan fingerprint density at radius 1 is 0.718 bits per heavy atom. The Labute approximate surface area is 227 Å². The standard InChI is InChI=1S/C29H32N4O6/c1-36-22-11-9-20-24(28(34)32-13-5-3-7-18(32)15-30-20)26(22)38-17-39-27-23(37-2)12-10-21-25(27)29(35)33-14-6-4-8-19(33)16-31-21/h9-12,15-16,18-19H,3-8,13-14,17H2,1-2H3. The van der Waals surface area contributed by atoms with E-state index in [-0.39, 0.29) is 42.2 Å². The predicted molar refractivity (Wildman–Crippen MR) is 146 cm³/mol. The molecule has 2 fully saturated rings. The van der Waals surface area contributed by atoms with Crippen LogP contribution in [0.25, 0.3) is 0 Å². The third-order valence-electron chi connectivity index (χ3n) is 7.86. The molecule has 2 saturated heterocycles. The molecule has 6 rings (SSSR count). The number of aliphatic imine (C=N–C) groups is 2. The molecule has 4 aliphatic heterocycles. The third kappa shape index (κ3) is 4.47. The van der Waals surface area contributed by atoms with Gasteiger partial charge in [-0.2, -0.15) is 0 Å². The average Bonchev–Trinajstić information content (AvgIpc) is 3.21. The van der Waals surface area contributed by atoms with Gasteiger partial charge in [0.05, 0.1) is 37.7 Å². The van der Waals surface area contributed by atoms with E-state index in [9.17, 15) is 9.59 Å². The van der Waals surface area contributed by atoms with Crippen molar-refractivity contribution in [3.8, 4) is 23.0 Å². The number of fused-ring (bicyclic) bond motifs is 4. The monoisotopic (exact) mass is 532 g/mol. The maximum atomic E-state index is 13.7. The highest BCUT2D eigenvalue weighted by atomic mass is 16.7. The first-order valence-corrected chi connectivity index (χ1v) is 13.5. The predicted octanol–water partition coefficient (Wildman–Crippen LogP) is 4.54. The van der Waals surface area contributed by atoms with Gasteiger partial charge in [0.2, 0.25) is 6.79 Å². The molecule has 2 aromatic rings. The number of methoxy groups -OCH3 is 2. The maximum Gasteiger partial charge on any atom is 0.260 e. The zero-order valence-electron chi connectivity index (χ0n) is 22.2. The number of amides is 2. The first kappa shape index (κ1) is 25.2. The number of carbonyl (C=O) groups excluding carboxylic acids is 2. The Bertz CT molecular complexity index is 1250. The van der Waals surface area contributed by atoms with Crippen LogP contribution in [0.5, 0.6) is 23.0 Å². The van der Waals surface area contributed by atoms with Crippen LogP contribution in [0.2, 0.25) is 0 Å². The molecule has 2 aromatic carbocycles. The highest BCUT2D eigenvalue weighted by Gasteiger charge is 2.35. The average molecular weight is 533 g/mol. The van der Waals surface area contributed by atoms with E-state index in [2.05, 4.69) is 9.98 Å². The van der Waals surface area contributed by atoms with Crippen molar-refractivity contribution in [2.24, 2.45) is 9.98 Å². The van der Waals surface area contributed by atoms with Crippen LogP contribution in [0, 0.1) is 0 Å². The Hall–Kier alpha value is -4.08. The lowest BCUT2D eigenvalue weighted by Gasteiger charge is -2.33. The Balaban J connectivity index is 1.31. The molecule has 0 N–H and O–H groups in total. The van der Waals surface area contributed by atoms with Crippen molar-refractivity contribution in [1.29, 1.82) is 0 Å². The molecule has 4 aliphatic rings. The zero-order chi connectivity index (χ0) is 26.9. The van der Waals surface area contributed by atoms with Crippen molar-refractivity contribution in [2.75, 3.05) is 34.1 Å². The van der Waals surface area contributed by atoms with E-state index < -0.39 is 0 Å². The Kier molecular flexibility index (Phi) is 6.85. The Morgan fingerprint density at radius 3 is 1.62 bits per heavy atom. The Morgan fingerprint density at radius 2 is 1.18 bits per heavy atom. The number of nitrogens with zero attached hydrogens (tertiary/aromatic N) is 4. The number of ether oxygens (including phenoxy) is 4. The van der Waals surface area contributed by atoms with E-state index in [1.165, 1.54) is 14.2 Å². The van der Waals surface area contributed by atoms with Crippen LogP contribution in [0.15, 0.2) is 34.3 Å². The van der Waals surface area contributed by atoms with Crippen LogP contribution in [0.1, 0.15) is 59.2 Å². The van der Waals surface area contributed by atoms with Crippen molar-refractivity contribution < 1.29 is 28.5 Å². The van der Waals surface area contributed by atoms with E-state index in [0.29, 0.717) is 47.1 Å². The fourth-order valence-corrected chi connectivity index (χ4v) is 5.84. The highest BCUT2D eigenvalue weighted by Crippen LogP contribution is 2.43. The molecule has 0 saturated carbocycles. The number of carbonyl (C=O) groups is 2. The summed E-state index contributed by atoms with van der Waals surface area (Å²) in [5.74, 6) is 1.01. The van der Waals surface area contributed by atoms with Gasteiger partial charge in [-0.05, 0) is 62.8 Å². The normalized spacial score (nSPS) is 21.7. The van der Waals surface area contributed by atoms with Crippen LogP contribution >= 0.6 is 0 Å². The van der Waals surface area contributed by atoms with E-state index in [4.69, 9.17) is 18.9 Å². The SMILES string of the molecule is COc1ccc2c(c1OCOc1c(OC)ccc3c1C(=O)N1CCCCC1C=N3)C(=O)N1CCCCC1C=N2. The van der Waals surface area contributed by atoms with Gasteiger partial charge in [-0.25, -0.2) is 0 Å². The molecule has 4 heterocycles. The minimum atomic E-state index is -0.291.